The molecule has 0 aliphatic carbocycles. The first-order valence-electron chi connectivity index (χ1n) is 3.28. The maximum Gasteiger partial charge on any atom is 0.114 e. The molecule has 0 unspecified atom stereocenters. The zero-order valence-electron chi connectivity index (χ0n) is 6.58. The van der Waals surface area contributed by atoms with Gasteiger partial charge in [-0.1, -0.05) is 0 Å². The van der Waals surface area contributed by atoms with Gasteiger partial charge in [-0.05, 0) is 6.92 Å². The molecule has 0 saturated heterocycles. The van der Waals surface area contributed by atoms with Crippen LogP contribution in [0.5, 0.6) is 0 Å². The number of aliphatic hydroxyl groups is 1. The summed E-state index contributed by atoms with van der Waals surface area (Å²) in [7, 11) is 0. The summed E-state index contributed by atoms with van der Waals surface area (Å²) in [6, 6.07) is 0. The van der Waals surface area contributed by atoms with Crippen molar-refractivity contribution >= 4 is 24.6 Å². The highest BCUT2D eigenvalue weighted by Crippen LogP contribution is 2.00. The molecule has 0 heterocycles. The monoisotopic (exact) mass is 175 g/mol. The lowest BCUT2D eigenvalue weighted by atomic mass is 10.4. The fraction of sp³-hybridized carbons (Fsp3) is 0.667. The lowest BCUT2D eigenvalue weighted by molar-refractivity contribution is 0.295. The van der Waals surface area contributed by atoms with Crippen molar-refractivity contribution in [3.63, 3.8) is 0 Å². The number of rotatable bonds is 6. The smallest absolute Gasteiger partial charge is 0.114 e. The Morgan fingerprint density at radius 2 is 2.45 bits per heavy atom. The molecule has 0 rings (SSSR count). The van der Waals surface area contributed by atoms with Crippen molar-refractivity contribution in [3.05, 3.63) is 0 Å². The van der Waals surface area contributed by atoms with Crippen LogP contribution in [-0.2, 0) is 0 Å². The van der Waals surface area contributed by atoms with Crippen LogP contribution in [0.1, 0.15) is 6.92 Å². The van der Waals surface area contributed by atoms with Crippen molar-refractivity contribution in [2.45, 2.75) is 6.92 Å². The second kappa shape index (κ2) is 7.71. The summed E-state index contributed by atoms with van der Waals surface area (Å²) >= 11 is 1.07. The summed E-state index contributed by atoms with van der Waals surface area (Å²) in [5.74, 6) is 0. The van der Waals surface area contributed by atoms with Gasteiger partial charge in [-0.25, -0.2) is 8.80 Å². The molecule has 11 heavy (non-hydrogen) atoms. The number of hydrogen-bond acceptors (Lipinski definition) is 5. The van der Waals surface area contributed by atoms with Crippen LogP contribution in [0, 0.1) is 0 Å². The van der Waals surface area contributed by atoms with E-state index >= 15 is 0 Å². The number of hydrogen-bond donors (Lipinski definition) is 2. The lowest BCUT2D eigenvalue weighted by Gasteiger charge is -1.99. The summed E-state index contributed by atoms with van der Waals surface area (Å²) < 4.78 is 7.48. The molecule has 5 heteroatoms. The summed E-state index contributed by atoms with van der Waals surface area (Å²) in [4.78, 5) is 0. The molecule has 64 valence electrons. The van der Waals surface area contributed by atoms with Gasteiger partial charge in [0.05, 0.1) is 6.61 Å². The molecule has 0 radical (unpaired) electrons. The standard InChI is InChI=1S/C6H13N3OS/c1-6(9-11-7-2)5-8-3-4-10/h8,10H,2-5H2,1H3. The van der Waals surface area contributed by atoms with E-state index in [1.54, 1.807) is 0 Å². The molecule has 0 fully saturated rings. The van der Waals surface area contributed by atoms with Crippen LogP contribution >= 0.6 is 12.1 Å². The van der Waals surface area contributed by atoms with Crippen molar-refractivity contribution in [1.29, 1.82) is 0 Å². The largest absolute Gasteiger partial charge is 0.395 e. The minimum Gasteiger partial charge on any atom is -0.395 e. The van der Waals surface area contributed by atoms with E-state index in [2.05, 4.69) is 20.8 Å². The molecule has 0 aliphatic rings. The van der Waals surface area contributed by atoms with E-state index in [4.69, 9.17) is 5.11 Å². The highest BCUT2D eigenvalue weighted by molar-refractivity contribution is 7.96. The Morgan fingerprint density at radius 3 is 3.00 bits per heavy atom. The molecule has 0 aromatic carbocycles. The Hall–Kier alpha value is -0.390. The van der Waals surface area contributed by atoms with E-state index in [1.165, 1.54) is 0 Å². The van der Waals surface area contributed by atoms with E-state index in [0.29, 0.717) is 13.1 Å². The third kappa shape index (κ3) is 7.51. The highest BCUT2D eigenvalue weighted by atomic mass is 32.2. The van der Waals surface area contributed by atoms with Gasteiger partial charge < -0.3 is 10.4 Å². The van der Waals surface area contributed by atoms with Gasteiger partial charge in [-0.15, -0.1) is 0 Å². The first-order chi connectivity index (χ1) is 5.31. The van der Waals surface area contributed by atoms with Gasteiger partial charge in [0.1, 0.15) is 12.1 Å². The first-order valence-corrected chi connectivity index (χ1v) is 4.01. The van der Waals surface area contributed by atoms with Gasteiger partial charge in [0.25, 0.3) is 0 Å². The number of nitrogens with zero attached hydrogens (tertiary/aromatic N) is 2. The van der Waals surface area contributed by atoms with Crippen LogP contribution in [0.15, 0.2) is 8.80 Å². The molecule has 0 amide bonds. The van der Waals surface area contributed by atoms with Gasteiger partial charge >= 0.3 is 0 Å². The summed E-state index contributed by atoms with van der Waals surface area (Å²) in [6.45, 7) is 6.60. The fourth-order valence-electron chi connectivity index (χ4n) is 0.479. The molecular formula is C6H13N3OS. The summed E-state index contributed by atoms with van der Waals surface area (Å²) in [5.41, 5.74) is 0.941. The molecular weight excluding hydrogens is 162 g/mol. The zero-order chi connectivity index (χ0) is 8.53. The molecule has 0 atom stereocenters. The van der Waals surface area contributed by atoms with Gasteiger partial charge in [0.15, 0.2) is 0 Å². The van der Waals surface area contributed by atoms with E-state index in [9.17, 15) is 0 Å². The van der Waals surface area contributed by atoms with Crippen LogP contribution in [0.4, 0.5) is 0 Å². The molecule has 4 nitrogen and oxygen atoms in total. The maximum atomic E-state index is 8.42. The molecule has 0 aromatic heterocycles. The average molecular weight is 175 g/mol. The minimum absolute atomic E-state index is 0.153. The minimum atomic E-state index is 0.153. The van der Waals surface area contributed by atoms with Gasteiger partial charge in [-0.2, -0.15) is 0 Å². The van der Waals surface area contributed by atoms with E-state index in [1.807, 2.05) is 6.92 Å². The molecule has 0 aromatic rings. The molecule has 0 bridgehead atoms. The van der Waals surface area contributed by atoms with Crippen molar-refractivity contribution < 1.29 is 5.11 Å². The topological polar surface area (TPSA) is 57.0 Å². The quantitative estimate of drug-likeness (QED) is 0.346. The van der Waals surface area contributed by atoms with E-state index < -0.39 is 0 Å². The van der Waals surface area contributed by atoms with Crippen molar-refractivity contribution in [3.8, 4) is 0 Å². The Morgan fingerprint density at radius 1 is 1.73 bits per heavy atom. The second-order valence-electron chi connectivity index (χ2n) is 1.94. The normalized spacial score (nSPS) is 11.6. The summed E-state index contributed by atoms with van der Waals surface area (Å²) in [5, 5.41) is 11.4. The van der Waals surface area contributed by atoms with Crippen LogP contribution in [0.3, 0.4) is 0 Å². The van der Waals surface area contributed by atoms with Crippen molar-refractivity contribution in [2.24, 2.45) is 8.80 Å². The Balaban J connectivity index is 3.34. The fourth-order valence-corrected chi connectivity index (χ4v) is 0.741. The van der Waals surface area contributed by atoms with Crippen LogP contribution in [0.2, 0.25) is 0 Å². The number of nitrogens with one attached hydrogen (secondary N) is 1. The second-order valence-corrected chi connectivity index (χ2v) is 2.54. The molecule has 0 aliphatic heterocycles. The van der Waals surface area contributed by atoms with E-state index in [-0.39, 0.29) is 6.61 Å². The highest BCUT2D eigenvalue weighted by Gasteiger charge is 1.89. The zero-order valence-corrected chi connectivity index (χ0v) is 7.39. The molecule has 2 N–H and O–H groups in total. The Bertz CT molecular complexity index is 138. The Kier molecular flexibility index (Phi) is 7.44. The lowest BCUT2D eigenvalue weighted by Crippen LogP contribution is -2.23. The predicted octanol–water partition coefficient (Wildman–Crippen LogP) is 0.293. The average Bonchev–Trinajstić information content (AvgIpc) is 2.01. The van der Waals surface area contributed by atoms with Crippen molar-refractivity contribution in [2.75, 3.05) is 19.7 Å². The van der Waals surface area contributed by atoms with E-state index in [0.717, 1.165) is 17.8 Å². The maximum absolute atomic E-state index is 8.42. The molecule has 0 saturated carbocycles. The van der Waals surface area contributed by atoms with Crippen LogP contribution in [-0.4, -0.2) is 37.2 Å². The predicted molar refractivity (Wildman–Crippen MR) is 50.2 cm³/mol. The summed E-state index contributed by atoms with van der Waals surface area (Å²) in [6.07, 6.45) is 0. The van der Waals surface area contributed by atoms with Gasteiger partial charge in [0.2, 0.25) is 0 Å². The Labute approximate surface area is 71.1 Å². The van der Waals surface area contributed by atoms with Gasteiger partial charge in [-0.3, -0.25) is 0 Å². The van der Waals surface area contributed by atoms with Gasteiger partial charge in [0, 0.05) is 25.5 Å². The SMILES string of the molecule is C=NSN=C(C)CNCCO. The number of aliphatic hydroxyl groups excluding tert-OH is 1. The third-order valence-corrected chi connectivity index (χ3v) is 1.43. The van der Waals surface area contributed by atoms with Crippen LogP contribution < -0.4 is 5.32 Å². The molecule has 0 spiro atoms. The first kappa shape index (κ1) is 10.6. The van der Waals surface area contributed by atoms with Crippen LogP contribution in [0.25, 0.3) is 0 Å². The third-order valence-electron chi connectivity index (χ3n) is 0.924. The van der Waals surface area contributed by atoms with Crippen molar-refractivity contribution in [1.82, 2.24) is 5.32 Å².